The molecule has 2 aromatic heterocycles. The highest BCUT2D eigenvalue weighted by Crippen LogP contribution is 2.27. The number of benzene rings is 1. The number of aryl methyl sites for hydroxylation is 3. The van der Waals surface area contributed by atoms with Crippen molar-refractivity contribution in [2.24, 2.45) is 0 Å². The van der Waals surface area contributed by atoms with Crippen LogP contribution in [0.25, 0.3) is 0 Å². The van der Waals surface area contributed by atoms with E-state index in [9.17, 15) is 4.79 Å². The minimum atomic E-state index is -0.211. The number of amides is 1. The van der Waals surface area contributed by atoms with Crippen LogP contribution in [0.1, 0.15) is 33.5 Å². The van der Waals surface area contributed by atoms with Crippen molar-refractivity contribution in [2.75, 3.05) is 5.32 Å². The Morgan fingerprint density at radius 3 is 2.62 bits per heavy atom. The molecule has 0 atom stereocenters. The van der Waals surface area contributed by atoms with Gasteiger partial charge in [0, 0.05) is 11.8 Å². The summed E-state index contributed by atoms with van der Waals surface area (Å²) >= 11 is 1.48. The molecule has 0 saturated carbocycles. The number of nitrogens with zero attached hydrogens (tertiary/aromatic N) is 3. The van der Waals surface area contributed by atoms with Crippen LogP contribution in [-0.2, 0) is 5.75 Å². The molecule has 1 N–H and O–H groups in total. The average Bonchev–Trinajstić information content (AvgIpc) is 3.13. The van der Waals surface area contributed by atoms with Crippen LogP contribution < -0.4 is 5.32 Å². The zero-order valence-electron chi connectivity index (χ0n) is 13.5. The molecule has 0 spiro atoms. The fourth-order valence-electron chi connectivity index (χ4n) is 2.16. The van der Waals surface area contributed by atoms with Gasteiger partial charge in [-0.3, -0.25) is 4.79 Å². The Balaban J connectivity index is 1.77. The summed E-state index contributed by atoms with van der Waals surface area (Å²) in [6.45, 7) is 5.28. The number of aromatic nitrogens is 3. The topological polar surface area (TPSA) is 94.1 Å². The molecule has 0 radical (unpaired) electrons. The molecule has 0 aliphatic carbocycles. The summed E-state index contributed by atoms with van der Waals surface area (Å²) in [5.74, 6) is 2.01. The van der Waals surface area contributed by atoms with E-state index in [0.29, 0.717) is 40.2 Å². The molecule has 0 bridgehead atoms. The second-order valence-electron chi connectivity index (χ2n) is 5.17. The van der Waals surface area contributed by atoms with Crippen LogP contribution in [-0.4, -0.2) is 21.2 Å². The van der Waals surface area contributed by atoms with Crippen molar-refractivity contribution in [3.63, 3.8) is 0 Å². The molecule has 124 valence electrons. The Morgan fingerprint density at radius 2 is 1.96 bits per heavy atom. The first-order chi connectivity index (χ1) is 11.5. The lowest BCUT2D eigenvalue weighted by Gasteiger charge is -2.09. The lowest BCUT2D eigenvalue weighted by molar-refractivity contribution is 0.102. The number of hydrogen-bond acceptors (Lipinski definition) is 7. The van der Waals surface area contributed by atoms with Gasteiger partial charge in [-0.15, -0.1) is 11.8 Å². The summed E-state index contributed by atoms with van der Waals surface area (Å²) < 4.78 is 10.0. The van der Waals surface area contributed by atoms with E-state index in [4.69, 9.17) is 9.05 Å². The lowest BCUT2D eigenvalue weighted by atomic mass is 10.2. The van der Waals surface area contributed by atoms with Crippen LogP contribution in [0.4, 0.5) is 5.69 Å². The standard InChI is InChI=1S/C16H16N4O3S/c1-9-15(10(2)22-19-9)18-16(21)12-6-4-5-7-13(12)24-8-14-17-11(3)23-20-14/h4-7H,8H2,1-3H3,(H,18,21). The number of carbonyl (C=O) groups excluding carboxylic acids is 1. The van der Waals surface area contributed by atoms with E-state index in [1.807, 2.05) is 18.2 Å². The summed E-state index contributed by atoms with van der Waals surface area (Å²) in [7, 11) is 0. The Morgan fingerprint density at radius 1 is 1.17 bits per heavy atom. The molecule has 7 nitrogen and oxygen atoms in total. The van der Waals surface area contributed by atoms with Crippen LogP contribution in [0.5, 0.6) is 0 Å². The number of anilines is 1. The SMILES string of the molecule is Cc1nc(CSc2ccccc2C(=O)Nc2c(C)noc2C)no1. The number of nitrogens with one attached hydrogen (secondary N) is 1. The third-order valence-corrected chi connectivity index (χ3v) is 4.40. The zero-order valence-corrected chi connectivity index (χ0v) is 14.3. The largest absolute Gasteiger partial charge is 0.359 e. The number of carbonyl (C=O) groups is 1. The quantitative estimate of drug-likeness (QED) is 0.708. The zero-order chi connectivity index (χ0) is 17.1. The highest BCUT2D eigenvalue weighted by molar-refractivity contribution is 7.98. The lowest BCUT2D eigenvalue weighted by Crippen LogP contribution is -2.14. The van der Waals surface area contributed by atoms with Gasteiger partial charge in [0.15, 0.2) is 11.6 Å². The molecule has 8 heteroatoms. The van der Waals surface area contributed by atoms with Crippen LogP contribution >= 0.6 is 11.8 Å². The number of rotatable bonds is 5. The minimum Gasteiger partial charge on any atom is -0.359 e. The minimum absolute atomic E-state index is 0.211. The molecular weight excluding hydrogens is 328 g/mol. The molecule has 3 rings (SSSR count). The van der Waals surface area contributed by atoms with Gasteiger partial charge in [-0.25, -0.2) is 0 Å². The van der Waals surface area contributed by atoms with Gasteiger partial charge >= 0.3 is 0 Å². The van der Waals surface area contributed by atoms with Gasteiger partial charge in [-0.1, -0.05) is 22.4 Å². The maximum Gasteiger partial charge on any atom is 0.256 e. The first-order valence-electron chi connectivity index (χ1n) is 7.30. The summed E-state index contributed by atoms with van der Waals surface area (Å²) in [6, 6.07) is 7.37. The van der Waals surface area contributed by atoms with E-state index in [1.54, 1.807) is 26.8 Å². The van der Waals surface area contributed by atoms with Crippen LogP contribution in [0.15, 0.2) is 38.2 Å². The van der Waals surface area contributed by atoms with E-state index in [0.717, 1.165) is 4.90 Å². The van der Waals surface area contributed by atoms with E-state index in [2.05, 4.69) is 20.6 Å². The fourth-order valence-corrected chi connectivity index (χ4v) is 3.06. The number of thioether (sulfide) groups is 1. The van der Waals surface area contributed by atoms with Crippen molar-refractivity contribution in [1.82, 2.24) is 15.3 Å². The Kier molecular flexibility index (Phi) is 4.66. The maximum absolute atomic E-state index is 12.6. The average molecular weight is 344 g/mol. The van der Waals surface area contributed by atoms with E-state index in [-0.39, 0.29) is 5.91 Å². The first kappa shape index (κ1) is 16.3. The van der Waals surface area contributed by atoms with Crippen molar-refractivity contribution in [3.05, 3.63) is 53.0 Å². The third-order valence-electron chi connectivity index (χ3n) is 3.33. The molecule has 0 saturated heterocycles. The predicted octanol–water partition coefficient (Wildman–Crippen LogP) is 3.53. The molecule has 2 heterocycles. The molecule has 1 amide bonds. The van der Waals surface area contributed by atoms with Gasteiger partial charge in [0.05, 0.1) is 11.3 Å². The second-order valence-corrected chi connectivity index (χ2v) is 6.18. The van der Waals surface area contributed by atoms with Crippen molar-refractivity contribution in [1.29, 1.82) is 0 Å². The highest BCUT2D eigenvalue weighted by atomic mass is 32.2. The van der Waals surface area contributed by atoms with Gasteiger partial charge in [-0.2, -0.15) is 4.98 Å². The Labute approximate surface area is 142 Å². The molecule has 3 aromatic rings. The summed E-state index contributed by atoms with van der Waals surface area (Å²) in [5.41, 5.74) is 1.82. The van der Waals surface area contributed by atoms with Crippen LogP contribution in [0, 0.1) is 20.8 Å². The van der Waals surface area contributed by atoms with Crippen molar-refractivity contribution >= 4 is 23.4 Å². The molecular formula is C16H16N4O3S. The molecule has 0 aliphatic rings. The Hall–Kier alpha value is -2.61. The Bertz CT molecular complexity index is 852. The van der Waals surface area contributed by atoms with Gasteiger partial charge < -0.3 is 14.4 Å². The molecule has 1 aromatic carbocycles. The fraction of sp³-hybridized carbons (Fsp3) is 0.250. The van der Waals surface area contributed by atoms with Crippen molar-refractivity contribution < 1.29 is 13.8 Å². The van der Waals surface area contributed by atoms with Crippen LogP contribution in [0.2, 0.25) is 0 Å². The maximum atomic E-state index is 12.6. The monoisotopic (exact) mass is 344 g/mol. The van der Waals surface area contributed by atoms with E-state index in [1.165, 1.54) is 11.8 Å². The van der Waals surface area contributed by atoms with Crippen molar-refractivity contribution in [2.45, 2.75) is 31.4 Å². The van der Waals surface area contributed by atoms with Gasteiger partial charge in [0.25, 0.3) is 5.91 Å². The van der Waals surface area contributed by atoms with Gasteiger partial charge in [0.1, 0.15) is 11.4 Å². The second kappa shape index (κ2) is 6.88. The van der Waals surface area contributed by atoms with Gasteiger partial charge in [0.2, 0.25) is 5.89 Å². The molecule has 0 aliphatic heterocycles. The molecule has 0 fully saturated rings. The first-order valence-corrected chi connectivity index (χ1v) is 8.28. The van der Waals surface area contributed by atoms with Crippen LogP contribution in [0.3, 0.4) is 0 Å². The van der Waals surface area contributed by atoms with E-state index >= 15 is 0 Å². The smallest absolute Gasteiger partial charge is 0.256 e. The normalized spacial score (nSPS) is 10.8. The molecule has 24 heavy (non-hydrogen) atoms. The summed E-state index contributed by atoms with van der Waals surface area (Å²) in [5, 5.41) is 10.6. The molecule has 0 unspecified atom stereocenters. The summed E-state index contributed by atoms with van der Waals surface area (Å²) in [6.07, 6.45) is 0. The van der Waals surface area contributed by atoms with Crippen molar-refractivity contribution in [3.8, 4) is 0 Å². The third kappa shape index (κ3) is 3.48. The highest BCUT2D eigenvalue weighted by Gasteiger charge is 2.17. The predicted molar refractivity (Wildman–Crippen MR) is 89.0 cm³/mol. The number of hydrogen-bond donors (Lipinski definition) is 1. The summed E-state index contributed by atoms with van der Waals surface area (Å²) in [4.78, 5) is 17.6. The van der Waals surface area contributed by atoms with Gasteiger partial charge in [-0.05, 0) is 26.0 Å². The van der Waals surface area contributed by atoms with E-state index < -0.39 is 0 Å².